The van der Waals surface area contributed by atoms with Crippen molar-refractivity contribution >= 4 is 35.0 Å². The minimum Gasteiger partial charge on any atom is -0.496 e. The molecule has 3 aliphatic heterocycles. The van der Waals surface area contributed by atoms with E-state index in [0.717, 1.165) is 24.8 Å². The molecule has 222 valence electrons. The van der Waals surface area contributed by atoms with Crippen molar-refractivity contribution in [2.75, 3.05) is 12.4 Å². The molecule has 10 heteroatoms. The Labute approximate surface area is 249 Å². The summed E-state index contributed by atoms with van der Waals surface area (Å²) >= 11 is 5.93. The maximum absolute atomic E-state index is 14.3. The predicted molar refractivity (Wildman–Crippen MR) is 155 cm³/mol. The summed E-state index contributed by atoms with van der Waals surface area (Å²) in [6.45, 7) is 4.47. The van der Waals surface area contributed by atoms with Crippen LogP contribution in [0.25, 0.3) is 0 Å². The van der Waals surface area contributed by atoms with Crippen molar-refractivity contribution in [3.63, 3.8) is 0 Å². The molecule has 2 N–H and O–H groups in total. The van der Waals surface area contributed by atoms with Gasteiger partial charge in [-0.1, -0.05) is 68.6 Å². The second-order valence-corrected chi connectivity index (χ2v) is 12.4. The molecule has 0 aromatic heterocycles. The molecule has 1 saturated carbocycles. The summed E-state index contributed by atoms with van der Waals surface area (Å²) in [5, 5.41) is 5.91. The number of carbonyl (C=O) groups excluding carboxylic acids is 3. The lowest BCUT2D eigenvalue weighted by Crippen LogP contribution is -2.57. The first kappa shape index (κ1) is 28.7. The molecule has 0 radical (unpaired) electrons. The van der Waals surface area contributed by atoms with Gasteiger partial charge >= 0.3 is 0 Å². The number of halogens is 2. The van der Waals surface area contributed by atoms with Gasteiger partial charge in [-0.25, -0.2) is 4.39 Å². The molecule has 42 heavy (non-hydrogen) atoms. The summed E-state index contributed by atoms with van der Waals surface area (Å²) in [6, 6.07) is 10.2. The van der Waals surface area contributed by atoms with Crippen LogP contribution in [-0.4, -0.2) is 53.5 Å². The number of hydrogen-bond acceptors (Lipinski definition) is 5. The number of nitrogens with one attached hydrogen (secondary N) is 2. The number of anilines is 1. The number of nitrogens with zero attached hydrogens (tertiary/aromatic N) is 1. The van der Waals surface area contributed by atoms with E-state index in [1.165, 1.54) is 23.1 Å². The highest BCUT2D eigenvalue weighted by molar-refractivity contribution is 6.31. The molecular weight excluding hydrogens is 561 g/mol. The molecule has 4 aliphatic rings. The third-order valence-electron chi connectivity index (χ3n) is 9.68. The van der Waals surface area contributed by atoms with Crippen molar-refractivity contribution in [3.8, 4) is 5.75 Å². The second kappa shape index (κ2) is 11.0. The van der Waals surface area contributed by atoms with Gasteiger partial charge < -0.3 is 25.0 Å². The molecule has 2 saturated heterocycles. The lowest BCUT2D eigenvalue weighted by atomic mass is 9.73. The van der Waals surface area contributed by atoms with Crippen molar-refractivity contribution in [1.82, 2.24) is 10.2 Å². The van der Waals surface area contributed by atoms with Crippen molar-refractivity contribution in [3.05, 3.63) is 71.0 Å². The topological polar surface area (TPSA) is 97.0 Å². The molecule has 0 unspecified atom stereocenters. The number of benzene rings is 2. The quantitative estimate of drug-likeness (QED) is 0.452. The summed E-state index contributed by atoms with van der Waals surface area (Å²) in [7, 11) is 1.56. The van der Waals surface area contributed by atoms with E-state index in [4.69, 9.17) is 21.1 Å². The van der Waals surface area contributed by atoms with Crippen LogP contribution in [0.5, 0.6) is 5.75 Å². The molecule has 8 nitrogen and oxygen atoms in total. The first-order valence-corrected chi connectivity index (χ1v) is 14.9. The van der Waals surface area contributed by atoms with E-state index in [9.17, 15) is 18.8 Å². The fourth-order valence-corrected chi connectivity index (χ4v) is 7.48. The Kier molecular flexibility index (Phi) is 7.51. The smallest absolute Gasteiger partial charge is 0.246 e. The van der Waals surface area contributed by atoms with Gasteiger partial charge in [0.05, 0.1) is 36.6 Å². The average Bonchev–Trinajstić information content (AvgIpc) is 3.61. The zero-order valence-corrected chi connectivity index (χ0v) is 24.6. The number of para-hydroxylation sites is 1. The Morgan fingerprint density at radius 1 is 1.17 bits per heavy atom. The van der Waals surface area contributed by atoms with Crippen molar-refractivity contribution in [1.29, 1.82) is 0 Å². The van der Waals surface area contributed by atoms with E-state index in [-0.39, 0.29) is 35.3 Å². The van der Waals surface area contributed by atoms with E-state index in [2.05, 4.69) is 24.5 Å². The number of carbonyl (C=O) groups is 3. The Bertz CT molecular complexity index is 1450. The molecule has 3 fully saturated rings. The molecule has 3 heterocycles. The minimum atomic E-state index is -1.31. The highest BCUT2D eigenvalue weighted by Crippen LogP contribution is 2.55. The molecule has 3 amide bonds. The van der Waals surface area contributed by atoms with Gasteiger partial charge in [0.25, 0.3) is 0 Å². The van der Waals surface area contributed by atoms with E-state index in [1.807, 2.05) is 18.2 Å². The second-order valence-electron chi connectivity index (χ2n) is 12.0. The number of likely N-dealkylation sites (tertiary alicyclic amines) is 1. The molecule has 8 atom stereocenters. The van der Waals surface area contributed by atoms with Gasteiger partial charge in [-0.3, -0.25) is 14.4 Å². The normalized spacial score (nSPS) is 33.0. The molecule has 2 aromatic carbocycles. The van der Waals surface area contributed by atoms with Crippen LogP contribution in [0.1, 0.15) is 38.7 Å². The zero-order valence-electron chi connectivity index (χ0n) is 23.8. The van der Waals surface area contributed by atoms with Crippen LogP contribution in [0, 0.1) is 29.5 Å². The van der Waals surface area contributed by atoms with Crippen molar-refractivity contribution in [2.45, 2.75) is 63.4 Å². The minimum absolute atomic E-state index is 0.0233. The number of ether oxygens (including phenoxy) is 2. The molecule has 1 aliphatic carbocycles. The number of amides is 3. The van der Waals surface area contributed by atoms with Gasteiger partial charge in [-0.05, 0) is 42.5 Å². The largest absolute Gasteiger partial charge is 0.496 e. The third-order valence-corrected chi connectivity index (χ3v) is 9.97. The van der Waals surface area contributed by atoms with Crippen LogP contribution in [0.4, 0.5) is 10.1 Å². The van der Waals surface area contributed by atoms with Crippen LogP contribution in [-0.2, 0) is 25.7 Å². The number of rotatable bonds is 7. The van der Waals surface area contributed by atoms with Gasteiger partial charge in [0.2, 0.25) is 17.7 Å². The Balaban J connectivity index is 1.34. The first-order valence-electron chi connectivity index (χ1n) is 14.5. The molecule has 2 aromatic rings. The van der Waals surface area contributed by atoms with Crippen molar-refractivity contribution in [2.24, 2.45) is 23.7 Å². The van der Waals surface area contributed by atoms with E-state index < -0.39 is 41.3 Å². The first-order chi connectivity index (χ1) is 20.1. The maximum atomic E-state index is 14.3. The summed E-state index contributed by atoms with van der Waals surface area (Å²) in [6.07, 6.45) is 5.87. The SMILES string of the molecule is COc1ccccc1CN1C(=O)[C@@H]2[C@H](C(=O)Nc3ccc(F)c(Cl)c3)[C@@H]3C=C[C@@]2(O3)[C@@H]1C(=O)N[C@@H]1CCC[C@H](C)[C@@H]1C. The van der Waals surface area contributed by atoms with E-state index in [1.54, 1.807) is 25.3 Å². The molecular formula is C32H35ClFN3O5. The summed E-state index contributed by atoms with van der Waals surface area (Å²) in [5.41, 5.74) is -0.263. The highest BCUT2D eigenvalue weighted by atomic mass is 35.5. The number of hydrogen-bond donors (Lipinski definition) is 2. The van der Waals surface area contributed by atoms with Crippen LogP contribution in [0.15, 0.2) is 54.6 Å². The molecule has 2 bridgehead atoms. The fourth-order valence-electron chi connectivity index (χ4n) is 7.30. The molecule has 1 spiro atoms. The van der Waals surface area contributed by atoms with E-state index >= 15 is 0 Å². The highest BCUT2D eigenvalue weighted by Gasteiger charge is 2.72. The number of fused-ring (bicyclic) bond motifs is 1. The Morgan fingerprint density at radius 3 is 2.71 bits per heavy atom. The van der Waals surface area contributed by atoms with Crippen LogP contribution in [0.3, 0.4) is 0 Å². The maximum Gasteiger partial charge on any atom is 0.246 e. The lowest BCUT2D eigenvalue weighted by molar-refractivity contribution is -0.142. The van der Waals surface area contributed by atoms with Gasteiger partial charge in [0, 0.05) is 17.3 Å². The van der Waals surface area contributed by atoms with Gasteiger partial charge in [0.15, 0.2) is 0 Å². The van der Waals surface area contributed by atoms with Crippen LogP contribution < -0.4 is 15.4 Å². The van der Waals surface area contributed by atoms with E-state index in [0.29, 0.717) is 17.4 Å². The Morgan fingerprint density at radius 2 is 1.95 bits per heavy atom. The van der Waals surface area contributed by atoms with Gasteiger partial charge in [0.1, 0.15) is 23.2 Å². The fraction of sp³-hybridized carbons (Fsp3) is 0.469. The number of methoxy groups -OCH3 is 1. The predicted octanol–water partition coefficient (Wildman–Crippen LogP) is 4.72. The standard InChI is InChI=1S/C32H35ClFN3O5/c1-17-7-6-9-23(18(17)2)36-30(39)28-32-14-13-25(42-32)26(29(38)35-20-11-12-22(34)21(33)15-20)27(32)31(40)37(28)16-19-8-4-5-10-24(19)41-3/h4-5,8,10-15,17-18,23,25-28H,6-7,9,16H2,1-3H3,(H,35,38)(H,36,39)/t17-,18-,23+,25-,26+,27-,28-,32-/m0/s1. The van der Waals surface area contributed by atoms with Crippen molar-refractivity contribution < 1.29 is 28.2 Å². The average molecular weight is 596 g/mol. The third kappa shape index (κ3) is 4.67. The summed E-state index contributed by atoms with van der Waals surface area (Å²) in [4.78, 5) is 43.7. The van der Waals surface area contributed by atoms with Crippen LogP contribution >= 0.6 is 11.6 Å². The van der Waals surface area contributed by atoms with Gasteiger partial charge in [-0.2, -0.15) is 0 Å². The van der Waals surface area contributed by atoms with Crippen LogP contribution in [0.2, 0.25) is 5.02 Å². The molecule has 6 rings (SSSR count). The monoisotopic (exact) mass is 595 g/mol. The zero-order chi connectivity index (χ0) is 29.8. The van der Waals surface area contributed by atoms with Gasteiger partial charge in [-0.15, -0.1) is 0 Å². The summed E-state index contributed by atoms with van der Waals surface area (Å²) in [5.74, 6) is -2.15. The summed E-state index contributed by atoms with van der Waals surface area (Å²) < 4.78 is 25.7. The Hall–Kier alpha value is -3.43. The lowest BCUT2D eigenvalue weighted by Gasteiger charge is -2.38.